The zero-order chi connectivity index (χ0) is 21.6. The minimum absolute atomic E-state index is 0.00226. The van der Waals surface area contributed by atoms with Crippen molar-refractivity contribution in [3.05, 3.63) is 29.8 Å². The first-order valence-electron chi connectivity index (χ1n) is 8.68. The molecule has 158 valence electrons. The Morgan fingerprint density at radius 2 is 1.86 bits per heavy atom. The number of benzene rings is 1. The molecule has 2 rings (SSSR count). The van der Waals surface area contributed by atoms with Gasteiger partial charge in [-0.3, -0.25) is 19.3 Å². The van der Waals surface area contributed by atoms with Crippen LogP contribution in [0, 0.1) is 0 Å². The number of ether oxygens (including phenoxy) is 2. The van der Waals surface area contributed by atoms with E-state index in [1.807, 2.05) is 0 Å². The van der Waals surface area contributed by atoms with E-state index in [2.05, 4.69) is 15.4 Å². The van der Waals surface area contributed by atoms with E-state index in [0.717, 1.165) is 4.90 Å². The molecule has 0 atom stereocenters. The van der Waals surface area contributed by atoms with Crippen molar-refractivity contribution in [2.75, 3.05) is 13.2 Å². The van der Waals surface area contributed by atoms with Gasteiger partial charge < -0.3 is 20.1 Å². The molecule has 1 saturated heterocycles. The molecular weight excluding hydrogens is 392 g/mol. The molecule has 0 radical (unpaired) electrons. The maximum absolute atomic E-state index is 12.1. The minimum Gasteiger partial charge on any atom is -0.456 e. The minimum atomic E-state index is -2.92. The Bertz CT molecular complexity index is 782. The fraction of sp³-hybridized carbons (Fsp3) is 0.444. The van der Waals surface area contributed by atoms with Gasteiger partial charge in [0.15, 0.2) is 6.61 Å². The molecule has 1 aromatic rings. The van der Waals surface area contributed by atoms with Crippen LogP contribution in [0.3, 0.4) is 0 Å². The first-order chi connectivity index (χ1) is 13.6. The molecule has 0 spiro atoms. The standard InChI is InChI=1S/C18H21F2N3O6/c1-18(2)15(26)23(17(27)22-18)8-7-14(25)28-10-13(24)21-9-11-3-5-12(6-4-11)29-16(19)20/h3-6,16H,7-10H2,1-2H3,(H,21,24)(H,22,27). The first-order valence-corrected chi connectivity index (χ1v) is 8.68. The van der Waals surface area contributed by atoms with Crippen LogP contribution in [-0.2, 0) is 25.7 Å². The van der Waals surface area contributed by atoms with Crippen LogP contribution < -0.4 is 15.4 Å². The lowest BCUT2D eigenvalue weighted by molar-refractivity contribution is -0.149. The smallest absolute Gasteiger partial charge is 0.387 e. The lowest BCUT2D eigenvalue weighted by Gasteiger charge is -2.15. The second kappa shape index (κ2) is 9.30. The molecule has 0 saturated carbocycles. The predicted octanol–water partition coefficient (Wildman–Crippen LogP) is 1.17. The van der Waals surface area contributed by atoms with E-state index in [1.54, 1.807) is 13.8 Å². The van der Waals surface area contributed by atoms with E-state index in [4.69, 9.17) is 4.74 Å². The number of carbonyl (C=O) groups excluding carboxylic acids is 4. The summed E-state index contributed by atoms with van der Waals surface area (Å²) in [7, 11) is 0. The van der Waals surface area contributed by atoms with Crippen molar-refractivity contribution in [2.45, 2.75) is 39.0 Å². The molecule has 9 nitrogen and oxygen atoms in total. The highest BCUT2D eigenvalue weighted by atomic mass is 19.3. The van der Waals surface area contributed by atoms with Gasteiger partial charge >= 0.3 is 18.6 Å². The van der Waals surface area contributed by atoms with Crippen LogP contribution in [0.15, 0.2) is 24.3 Å². The molecule has 1 fully saturated rings. The van der Waals surface area contributed by atoms with Crippen LogP contribution in [0.25, 0.3) is 0 Å². The average molecular weight is 413 g/mol. The van der Waals surface area contributed by atoms with Crippen LogP contribution >= 0.6 is 0 Å². The van der Waals surface area contributed by atoms with Crippen LogP contribution in [0.2, 0.25) is 0 Å². The van der Waals surface area contributed by atoms with Gasteiger partial charge in [0.1, 0.15) is 11.3 Å². The van der Waals surface area contributed by atoms with E-state index >= 15 is 0 Å². The van der Waals surface area contributed by atoms with Crippen molar-refractivity contribution in [3.8, 4) is 5.75 Å². The number of halogens is 2. The van der Waals surface area contributed by atoms with Crippen LogP contribution in [0.4, 0.5) is 13.6 Å². The van der Waals surface area contributed by atoms with Gasteiger partial charge in [-0.05, 0) is 31.5 Å². The fourth-order valence-electron chi connectivity index (χ4n) is 2.48. The van der Waals surface area contributed by atoms with Gasteiger partial charge in [-0.2, -0.15) is 8.78 Å². The monoisotopic (exact) mass is 413 g/mol. The van der Waals surface area contributed by atoms with Crippen molar-refractivity contribution in [2.24, 2.45) is 0 Å². The second-order valence-corrected chi connectivity index (χ2v) is 6.72. The van der Waals surface area contributed by atoms with Gasteiger partial charge in [0, 0.05) is 13.1 Å². The number of amides is 4. The summed E-state index contributed by atoms with van der Waals surface area (Å²) >= 11 is 0. The van der Waals surface area contributed by atoms with Crippen LogP contribution in [0.1, 0.15) is 25.8 Å². The second-order valence-electron chi connectivity index (χ2n) is 6.72. The number of alkyl halides is 2. The van der Waals surface area contributed by atoms with Gasteiger partial charge in [0.2, 0.25) is 0 Å². The summed E-state index contributed by atoms with van der Waals surface area (Å²) in [6.45, 7) is -0.397. The summed E-state index contributed by atoms with van der Waals surface area (Å²) < 4.78 is 33.2. The molecule has 0 bridgehead atoms. The molecule has 1 heterocycles. The van der Waals surface area contributed by atoms with Crippen molar-refractivity contribution >= 4 is 23.8 Å². The topological polar surface area (TPSA) is 114 Å². The van der Waals surface area contributed by atoms with Gasteiger partial charge in [0.05, 0.1) is 6.42 Å². The Labute approximate surface area is 165 Å². The number of urea groups is 1. The van der Waals surface area contributed by atoms with Crippen molar-refractivity contribution in [1.82, 2.24) is 15.5 Å². The third-order valence-corrected chi connectivity index (χ3v) is 3.99. The molecule has 2 N–H and O–H groups in total. The number of carbonyl (C=O) groups is 4. The van der Waals surface area contributed by atoms with Crippen LogP contribution in [0.5, 0.6) is 5.75 Å². The zero-order valence-electron chi connectivity index (χ0n) is 15.9. The van der Waals surface area contributed by atoms with Gasteiger partial charge in [-0.15, -0.1) is 0 Å². The van der Waals surface area contributed by atoms with Crippen molar-refractivity contribution in [3.63, 3.8) is 0 Å². The zero-order valence-corrected chi connectivity index (χ0v) is 15.9. The predicted molar refractivity (Wildman–Crippen MR) is 94.8 cm³/mol. The largest absolute Gasteiger partial charge is 0.456 e. The van der Waals surface area contributed by atoms with Gasteiger partial charge in [-0.1, -0.05) is 12.1 Å². The number of esters is 1. The fourth-order valence-corrected chi connectivity index (χ4v) is 2.48. The molecule has 1 aliphatic heterocycles. The van der Waals surface area contributed by atoms with E-state index in [0.29, 0.717) is 5.56 Å². The lowest BCUT2D eigenvalue weighted by atomic mass is 10.1. The number of hydrogen-bond acceptors (Lipinski definition) is 6. The molecule has 4 amide bonds. The third kappa shape index (κ3) is 6.40. The number of nitrogens with one attached hydrogen (secondary N) is 2. The highest BCUT2D eigenvalue weighted by Gasteiger charge is 2.44. The number of rotatable bonds is 9. The Balaban J connectivity index is 1.68. The summed E-state index contributed by atoms with van der Waals surface area (Å²) in [5, 5.41) is 4.99. The molecule has 11 heteroatoms. The Kier molecular flexibility index (Phi) is 7.08. The summed E-state index contributed by atoms with van der Waals surface area (Å²) in [6.07, 6.45) is -0.242. The number of hydrogen-bond donors (Lipinski definition) is 2. The molecule has 0 aliphatic carbocycles. The van der Waals surface area contributed by atoms with E-state index in [9.17, 15) is 28.0 Å². The molecular formula is C18H21F2N3O6. The van der Waals surface area contributed by atoms with Crippen molar-refractivity contribution in [1.29, 1.82) is 0 Å². The summed E-state index contributed by atoms with van der Waals surface area (Å²) in [5.74, 6) is -1.75. The third-order valence-electron chi connectivity index (χ3n) is 3.99. The molecule has 1 aromatic carbocycles. The Morgan fingerprint density at radius 1 is 1.21 bits per heavy atom. The Hall–Kier alpha value is -3.24. The highest BCUT2D eigenvalue weighted by Crippen LogP contribution is 2.17. The SMILES string of the molecule is CC1(C)NC(=O)N(CCC(=O)OCC(=O)NCc2ccc(OC(F)F)cc2)C1=O. The lowest BCUT2D eigenvalue weighted by Crippen LogP contribution is -2.40. The normalized spacial score (nSPS) is 15.3. The van der Waals surface area contributed by atoms with Gasteiger partial charge in [-0.25, -0.2) is 4.79 Å². The molecule has 0 aromatic heterocycles. The maximum atomic E-state index is 12.1. The number of imide groups is 1. The van der Waals surface area contributed by atoms with E-state index < -0.39 is 42.6 Å². The maximum Gasteiger partial charge on any atom is 0.387 e. The highest BCUT2D eigenvalue weighted by molar-refractivity contribution is 6.06. The molecule has 0 unspecified atom stereocenters. The summed E-state index contributed by atoms with van der Waals surface area (Å²) in [6, 6.07) is 5.10. The molecule has 29 heavy (non-hydrogen) atoms. The summed E-state index contributed by atoms with van der Waals surface area (Å²) in [4.78, 5) is 48.1. The quantitative estimate of drug-likeness (QED) is 0.464. The van der Waals surface area contributed by atoms with Crippen LogP contribution in [-0.4, -0.2) is 54.0 Å². The average Bonchev–Trinajstić information content (AvgIpc) is 2.84. The van der Waals surface area contributed by atoms with E-state index in [-0.39, 0.29) is 25.3 Å². The summed E-state index contributed by atoms with van der Waals surface area (Å²) in [5.41, 5.74) is -0.391. The number of nitrogens with zero attached hydrogens (tertiary/aromatic N) is 1. The molecule has 1 aliphatic rings. The van der Waals surface area contributed by atoms with E-state index in [1.165, 1.54) is 24.3 Å². The van der Waals surface area contributed by atoms with Crippen molar-refractivity contribution < 1.29 is 37.4 Å². The Morgan fingerprint density at radius 3 is 2.41 bits per heavy atom. The van der Waals surface area contributed by atoms with Gasteiger partial charge in [0.25, 0.3) is 11.8 Å². The first kappa shape index (κ1) is 22.1.